The van der Waals surface area contributed by atoms with Crippen LogP contribution in [-0.2, 0) is 0 Å². The molecule has 0 saturated carbocycles. The zero-order valence-corrected chi connectivity index (χ0v) is 13.6. The highest BCUT2D eigenvalue weighted by atomic mass is 14.9. The first-order chi connectivity index (χ1) is 9.01. The van der Waals surface area contributed by atoms with Gasteiger partial charge in [-0.1, -0.05) is 65.7 Å². The van der Waals surface area contributed by atoms with E-state index in [1.54, 1.807) is 0 Å². The minimum absolute atomic E-state index is 0.499. The third-order valence-corrected chi connectivity index (χ3v) is 3.97. The average molecular weight is 261 g/mol. The molecule has 1 aromatic rings. The second-order valence-corrected chi connectivity index (χ2v) is 6.18. The molecule has 0 heterocycles. The van der Waals surface area contributed by atoms with Crippen LogP contribution in [-0.4, -0.2) is 7.05 Å². The number of hydrogen-bond acceptors (Lipinski definition) is 1. The van der Waals surface area contributed by atoms with Crippen molar-refractivity contribution in [3.8, 4) is 0 Å². The molecule has 0 fully saturated rings. The summed E-state index contributed by atoms with van der Waals surface area (Å²) < 4.78 is 0. The highest BCUT2D eigenvalue weighted by molar-refractivity contribution is 5.37. The van der Waals surface area contributed by atoms with Crippen molar-refractivity contribution in [1.29, 1.82) is 0 Å². The highest BCUT2D eigenvalue weighted by Gasteiger charge is 2.16. The van der Waals surface area contributed by atoms with Gasteiger partial charge in [-0.2, -0.15) is 0 Å². The van der Waals surface area contributed by atoms with Crippen LogP contribution in [0, 0.1) is 0 Å². The molecule has 1 heteroatoms. The fraction of sp³-hybridized carbons (Fsp3) is 0.667. The SMILES string of the molecule is CCCCC(NC)c1ccc(C(C)C)cc1C(C)C. The molecular formula is C18H31N. The molecule has 0 saturated heterocycles. The minimum Gasteiger partial charge on any atom is -0.313 e. The van der Waals surface area contributed by atoms with Crippen molar-refractivity contribution in [1.82, 2.24) is 5.32 Å². The first-order valence-electron chi connectivity index (χ1n) is 7.82. The van der Waals surface area contributed by atoms with Crippen molar-refractivity contribution in [3.63, 3.8) is 0 Å². The standard InChI is InChI=1S/C18H31N/c1-7-8-9-18(19-6)16-11-10-15(13(2)3)12-17(16)14(4)5/h10-14,18-19H,7-9H2,1-6H3. The Hall–Kier alpha value is -0.820. The van der Waals surface area contributed by atoms with Crippen molar-refractivity contribution in [2.24, 2.45) is 0 Å². The van der Waals surface area contributed by atoms with Crippen LogP contribution in [0.3, 0.4) is 0 Å². The number of hydrogen-bond donors (Lipinski definition) is 1. The second-order valence-electron chi connectivity index (χ2n) is 6.18. The van der Waals surface area contributed by atoms with E-state index in [0.29, 0.717) is 17.9 Å². The van der Waals surface area contributed by atoms with Crippen LogP contribution < -0.4 is 5.32 Å². The summed E-state index contributed by atoms with van der Waals surface area (Å²) in [6, 6.07) is 7.57. The second kappa shape index (κ2) is 7.69. The Morgan fingerprint density at radius 3 is 2.16 bits per heavy atom. The van der Waals surface area contributed by atoms with Crippen LogP contribution in [0.2, 0.25) is 0 Å². The first kappa shape index (κ1) is 16.2. The molecular weight excluding hydrogens is 230 g/mol. The lowest BCUT2D eigenvalue weighted by Crippen LogP contribution is -2.18. The Bertz CT molecular complexity index is 379. The maximum absolute atomic E-state index is 3.50. The first-order valence-corrected chi connectivity index (χ1v) is 7.82. The molecule has 0 spiro atoms. The van der Waals surface area contributed by atoms with E-state index in [1.807, 2.05) is 0 Å². The van der Waals surface area contributed by atoms with Gasteiger partial charge in [-0.15, -0.1) is 0 Å². The van der Waals surface area contributed by atoms with Crippen molar-refractivity contribution >= 4 is 0 Å². The maximum Gasteiger partial charge on any atom is 0.0320 e. The van der Waals surface area contributed by atoms with Crippen molar-refractivity contribution in [2.45, 2.75) is 71.8 Å². The quantitative estimate of drug-likeness (QED) is 0.694. The average Bonchev–Trinajstić information content (AvgIpc) is 2.39. The van der Waals surface area contributed by atoms with Crippen LogP contribution >= 0.6 is 0 Å². The van der Waals surface area contributed by atoms with E-state index >= 15 is 0 Å². The number of rotatable bonds is 7. The number of nitrogens with one attached hydrogen (secondary N) is 1. The van der Waals surface area contributed by atoms with Gasteiger partial charge in [-0.3, -0.25) is 0 Å². The molecule has 0 aliphatic carbocycles. The predicted octanol–water partition coefficient (Wildman–Crippen LogP) is 5.38. The monoisotopic (exact) mass is 261 g/mol. The lowest BCUT2D eigenvalue weighted by Gasteiger charge is -2.23. The molecule has 1 N–H and O–H groups in total. The molecule has 0 amide bonds. The highest BCUT2D eigenvalue weighted by Crippen LogP contribution is 2.30. The summed E-state index contributed by atoms with van der Waals surface area (Å²) in [6.07, 6.45) is 3.78. The van der Waals surface area contributed by atoms with Gasteiger partial charge in [0.2, 0.25) is 0 Å². The zero-order chi connectivity index (χ0) is 14.4. The summed E-state index contributed by atoms with van der Waals surface area (Å²) >= 11 is 0. The van der Waals surface area contributed by atoms with Crippen LogP contribution in [0.25, 0.3) is 0 Å². The van der Waals surface area contributed by atoms with Gasteiger partial charge in [0, 0.05) is 6.04 Å². The van der Waals surface area contributed by atoms with Crippen LogP contribution in [0.4, 0.5) is 0 Å². The summed E-state index contributed by atoms with van der Waals surface area (Å²) in [5, 5.41) is 3.50. The normalized spacial score (nSPS) is 13.3. The van der Waals surface area contributed by atoms with Gasteiger partial charge in [-0.25, -0.2) is 0 Å². The topological polar surface area (TPSA) is 12.0 Å². The van der Waals surface area contributed by atoms with Gasteiger partial charge in [0.1, 0.15) is 0 Å². The molecule has 108 valence electrons. The van der Waals surface area contributed by atoms with Crippen molar-refractivity contribution < 1.29 is 0 Å². The van der Waals surface area contributed by atoms with Crippen molar-refractivity contribution in [2.75, 3.05) is 7.05 Å². The van der Waals surface area contributed by atoms with E-state index in [0.717, 1.165) is 0 Å². The molecule has 1 nitrogen and oxygen atoms in total. The number of benzene rings is 1. The smallest absolute Gasteiger partial charge is 0.0320 e. The third kappa shape index (κ3) is 4.35. The molecule has 1 atom stereocenters. The van der Waals surface area contributed by atoms with E-state index < -0.39 is 0 Å². The van der Waals surface area contributed by atoms with Crippen LogP contribution in [0.15, 0.2) is 18.2 Å². The molecule has 0 aliphatic rings. The van der Waals surface area contributed by atoms with E-state index in [4.69, 9.17) is 0 Å². The van der Waals surface area contributed by atoms with E-state index in [9.17, 15) is 0 Å². The largest absolute Gasteiger partial charge is 0.313 e. The summed E-state index contributed by atoms with van der Waals surface area (Å²) in [5.41, 5.74) is 4.47. The third-order valence-electron chi connectivity index (χ3n) is 3.97. The Morgan fingerprint density at radius 1 is 1.00 bits per heavy atom. The molecule has 1 rings (SSSR count). The van der Waals surface area contributed by atoms with Gasteiger partial charge in [-0.05, 0) is 42.0 Å². The van der Waals surface area contributed by atoms with E-state index in [1.165, 1.54) is 36.0 Å². The summed E-state index contributed by atoms with van der Waals surface area (Å²) in [6.45, 7) is 11.4. The van der Waals surface area contributed by atoms with Gasteiger partial charge in [0.05, 0.1) is 0 Å². The minimum atomic E-state index is 0.499. The van der Waals surface area contributed by atoms with Gasteiger partial charge in [0.15, 0.2) is 0 Å². The summed E-state index contributed by atoms with van der Waals surface area (Å²) in [7, 11) is 2.08. The molecule has 1 aromatic carbocycles. The molecule has 1 unspecified atom stereocenters. The summed E-state index contributed by atoms with van der Waals surface area (Å²) in [5.74, 6) is 1.20. The van der Waals surface area contributed by atoms with Crippen molar-refractivity contribution in [3.05, 3.63) is 34.9 Å². The zero-order valence-electron chi connectivity index (χ0n) is 13.6. The molecule has 0 aliphatic heterocycles. The Morgan fingerprint density at radius 2 is 1.68 bits per heavy atom. The fourth-order valence-corrected chi connectivity index (χ4v) is 2.63. The fourth-order valence-electron chi connectivity index (χ4n) is 2.63. The lowest BCUT2D eigenvalue weighted by molar-refractivity contribution is 0.516. The Labute approximate surface area is 119 Å². The van der Waals surface area contributed by atoms with Gasteiger partial charge < -0.3 is 5.32 Å². The van der Waals surface area contributed by atoms with Gasteiger partial charge in [0.25, 0.3) is 0 Å². The van der Waals surface area contributed by atoms with E-state index in [-0.39, 0.29) is 0 Å². The Kier molecular flexibility index (Phi) is 6.57. The van der Waals surface area contributed by atoms with Crippen LogP contribution in [0.1, 0.15) is 88.4 Å². The summed E-state index contributed by atoms with van der Waals surface area (Å²) in [4.78, 5) is 0. The molecule has 0 radical (unpaired) electrons. The van der Waals surface area contributed by atoms with Crippen LogP contribution in [0.5, 0.6) is 0 Å². The maximum atomic E-state index is 3.50. The molecule has 0 aromatic heterocycles. The van der Waals surface area contributed by atoms with E-state index in [2.05, 4.69) is 65.2 Å². The predicted molar refractivity (Wildman–Crippen MR) is 85.9 cm³/mol. The lowest BCUT2D eigenvalue weighted by atomic mass is 9.87. The molecule has 0 bridgehead atoms. The number of unbranched alkanes of at least 4 members (excludes halogenated alkanes) is 1. The molecule has 19 heavy (non-hydrogen) atoms. The Balaban J connectivity index is 3.10. The van der Waals surface area contributed by atoms with Gasteiger partial charge >= 0.3 is 0 Å².